The monoisotopic (exact) mass is 313 g/mol. The zero-order chi connectivity index (χ0) is 16.2. The number of carbonyl (C=O) groups is 1. The van der Waals surface area contributed by atoms with Gasteiger partial charge in [0.1, 0.15) is 4.90 Å². The molecule has 0 aliphatic carbocycles. The van der Waals surface area contributed by atoms with Gasteiger partial charge in [-0.3, -0.25) is 4.79 Å². The number of amides is 1. The Bertz CT molecular complexity index is 627. The smallest absolute Gasteiger partial charge is 0.245 e. The molecule has 21 heavy (non-hydrogen) atoms. The van der Waals surface area contributed by atoms with Crippen LogP contribution in [0.1, 0.15) is 24.5 Å². The average molecular weight is 313 g/mol. The minimum Gasteiger partial charge on any atom is -0.398 e. The molecule has 1 aromatic carbocycles. The molecule has 0 atom stereocenters. The lowest BCUT2D eigenvalue weighted by molar-refractivity contribution is -0.120. The number of nitrogen functional groups attached to an aromatic ring is 1. The number of nitrogens with two attached hydrogens (primary N) is 1. The Balaban J connectivity index is 3.36. The van der Waals surface area contributed by atoms with E-state index in [1.807, 2.05) is 13.8 Å². The Morgan fingerprint density at radius 1 is 1.33 bits per heavy atom. The second-order valence-electron chi connectivity index (χ2n) is 4.94. The Labute approximate surface area is 126 Å². The fourth-order valence-electron chi connectivity index (χ4n) is 2.06. The molecule has 1 rings (SSSR count). The van der Waals surface area contributed by atoms with Crippen molar-refractivity contribution in [3.05, 3.63) is 23.3 Å². The molecule has 0 saturated carbocycles. The van der Waals surface area contributed by atoms with E-state index < -0.39 is 10.0 Å². The van der Waals surface area contributed by atoms with Crippen molar-refractivity contribution in [2.24, 2.45) is 0 Å². The van der Waals surface area contributed by atoms with Crippen molar-refractivity contribution < 1.29 is 13.2 Å². The molecule has 0 aliphatic rings. The Hall–Kier alpha value is -1.60. The summed E-state index contributed by atoms with van der Waals surface area (Å²) in [6, 6.07) is 3.37. The first kappa shape index (κ1) is 17.5. The van der Waals surface area contributed by atoms with Gasteiger partial charge in [0.15, 0.2) is 0 Å². The van der Waals surface area contributed by atoms with Crippen LogP contribution in [0.15, 0.2) is 17.0 Å². The summed E-state index contributed by atoms with van der Waals surface area (Å²) in [4.78, 5) is 11.7. The highest BCUT2D eigenvalue weighted by Gasteiger charge is 2.29. The van der Waals surface area contributed by atoms with E-state index in [1.165, 1.54) is 11.4 Å². The number of rotatable bonds is 6. The highest BCUT2D eigenvalue weighted by Crippen LogP contribution is 2.28. The van der Waals surface area contributed by atoms with Gasteiger partial charge in [-0.25, -0.2) is 8.42 Å². The van der Waals surface area contributed by atoms with E-state index in [1.54, 1.807) is 19.1 Å². The molecule has 0 bridgehead atoms. The molecule has 0 saturated heterocycles. The van der Waals surface area contributed by atoms with Gasteiger partial charge in [0.25, 0.3) is 0 Å². The zero-order valence-electron chi connectivity index (χ0n) is 12.9. The Morgan fingerprint density at radius 3 is 2.48 bits per heavy atom. The third kappa shape index (κ3) is 3.74. The predicted molar refractivity (Wildman–Crippen MR) is 83.4 cm³/mol. The molecule has 1 aromatic rings. The van der Waals surface area contributed by atoms with Crippen molar-refractivity contribution in [1.82, 2.24) is 9.62 Å². The molecule has 0 spiro atoms. The van der Waals surface area contributed by atoms with E-state index >= 15 is 0 Å². The summed E-state index contributed by atoms with van der Waals surface area (Å²) in [6.07, 6.45) is 0.612. The van der Waals surface area contributed by atoms with Crippen LogP contribution in [0.2, 0.25) is 0 Å². The Kier molecular flexibility index (Phi) is 5.74. The molecular weight excluding hydrogens is 290 g/mol. The number of carbonyl (C=O) groups excluding carboxylic acids is 1. The van der Waals surface area contributed by atoms with E-state index in [9.17, 15) is 13.2 Å². The maximum Gasteiger partial charge on any atom is 0.245 e. The van der Waals surface area contributed by atoms with Gasteiger partial charge in [-0.15, -0.1) is 0 Å². The van der Waals surface area contributed by atoms with Crippen molar-refractivity contribution in [2.75, 3.05) is 25.9 Å². The summed E-state index contributed by atoms with van der Waals surface area (Å²) in [5.41, 5.74) is 7.54. The van der Waals surface area contributed by atoms with Crippen LogP contribution in [0, 0.1) is 13.8 Å². The summed E-state index contributed by atoms with van der Waals surface area (Å²) < 4.78 is 26.8. The predicted octanol–water partition coefficient (Wildman–Crippen LogP) is 1.03. The molecule has 118 valence electrons. The second kappa shape index (κ2) is 6.91. The SMILES string of the molecule is CCCN(CC(=O)NC)S(=O)(=O)c1c(N)ccc(C)c1C. The van der Waals surface area contributed by atoms with Crippen LogP contribution in [-0.4, -0.2) is 38.8 Å². The average Bonchev–Trinajstić information content (AvgIpc) is 2.42. The molecule has 0 aliphatic heterocycles. The summed E-state index contributed by atoms with van der Waals surface area (Å²) in [5, 5.41) is 2.44. The zero-order valence-corrected chi connectivity index (χ0v) is 13.8. The normalized spacial score (nSPS) is 11.7. The fourth-order valence-corrected chi connectivity index (χ4v) is 3.94. The maximum atomic E-state index is 12.8. The Morgan fingerprint density at radius 2 is 1.95 bits per heavy atom. The minimum atomic E-state index is -3.80. The molecule has 0 radical (unpaired) electrons. The minimum absolute atomic E-state index is 0.0971. The van der Waals surface area contributed by atoms with Gasteiger partial charge in [-0.1, -0.05) is 13.0 Å². The maximum absolute atomic E-state index is 12.8. The van der Waals surface area contributed by atoms with Crippen molar-refractivity contribution >= 4 is 21.6 Å². The van der Waals surface area contributed by atoms with Crippen molar-refractivity contribution in [3.63, 3.8) is 0 Å². The number of nitrogens with one attached hydrogen (secondary N) is 1. The molecule has 0 fully saturated rings. The molecule has 3 N–H and O–H groups in total. The third-order valence-corrected chi connectivity index (χ3v) is 5.43. The quantitative estimate of drug-likeness (QED) is 0.767. The highest BCUT2D eigenvalue weighted by atomic mass is 32.2. The number of hydrogen-bond acceptors (Lipinski definition) is 4. The van der Waals surface area contributed by atoms with E-state index in [4.69, 9.17) is 5.73 Å². The van der Waals surface area contributed by atoms with Crippen LogP contribution in [0.3, 0.4) is 0 Å². The van der Waals surface area contributed by atoms with Crippen molar-refractivity contribution in [1.29, 1.82) is 0 Å². The summed E-state index contributed by atoms with van der Waals surface area (Å²) in [5.74, 6) is -0.351. The lowest BCUT2D eigenvalue weighted by Crippen LogP contribution is -2.40. The molecular formula is C14H23N3O3S. The van der Waals surface area contributed by atoms with E-state index in [-0.39, 0.29) is 29.6 Å². The first-order valence-corrected chi connectivity index (χ1v) is 8.26. The molecule has 1 amide bonds. The number of sulfonamides is 1. The topological polar surface area (TPSA) is 92.5 Å². The number of nitrogens with zero attached hydrogens (tertiary/aromatic N) is 1. The van der Waals surface area contributed by atoms with Crippen LogP contribution in [0.4, 0.5) is 5.69 Å². The fraction of sp³-hybridized carbons (Fsp3) is 0.500. The third-order valence-electron chi connectivity index (χ3n) is 3.38. The molecule has 7 heteroatoms. The van der Waals surface area contributed by atoms with Gasteiger partial charge in [-0.2, -0.15) is 4.31 Å². The summed E-state index contributed by atoms with van der Waals surface area (Å²) >= 11 is 0. The van der Waals surface area contributed by atoms with Crippen LogP contribution >= 0.6 is 0 Å². The largest absolute Gasteiger partial charge is 0.398 e. The van der Waals surface area contributed by atoms with Gasteiger partial charge in [0.2, 0.25) is 15.9 Å². The number of likely N-dealkylation sites (N-methyl/N-ethyl adjacent to an activating group) is 1. The van der Waals surface area contributed by atoms with Crippen LogP contribution in [-0.2, 0) is 14.8 Å². The lowest BCUT2D eigenvalue weighted by Gasteiger charge is -2.23. The first-order chi connectivity index (χ1) is 9.75. The number of anilines is 1. The van der Waals surface area contributed by atoms with Gasteiger partial charge >= 0.3 is 0 Å². The molecule has 6 nitrogen and oxygen atoms in total. The summed E-state index contributed by atoms with van der Waals surface area (Å²) in [7, 11) is -2.33. The summed E-state index contributed by atoms with van der Waals surface area (Å²) in [6.45, 7) is 5.47. The van der Waals surface area contributed by atoms with Crippen LogP contribution in [0.5, 0.6) is 0 Å². The lowest BCUT2D eigenvalue weighted by atomic mass is 10.1. The molecule has 0 aromatic heterocycles. The van der Waals surface area contributed by atoms with Gasteiger partial charge in [0.05, 0.1) is 12.2 Å². The van der Waals surface area contributed by atoms with E-state index in [0.29, 0.717) is 12.0 Å². The second-order valence-corrected chi connectivity index (χ2v) is 6.81. The van der Waals surface area contributed by atoms with Crippen molar-refractivity contribution in [2.45, 2.75) is 32.1 Å². The van der Waals surface area contributed by atoms with E-state index in [0.717, 1.165) is 5.56 Å². The van der Waals surface area contributed by atoms with Crippen LogP contribution in [0.25, 0.3) is 0 Å². The van der Waals surface area contributed by atoms with Gasteiger partial charge in [-0.05, 0) is 37.5 Å². The molecule has 0 unspecified atom stereocenters. The van der Waals surface area contributed by atoms with Gasteiger partial charge in [0, 0.05) is 13.6 Å². The number of hydrogen-bond donors (Lipinski definition) is 2. The first-order valence-electron chi connectivity index (χ1n) is 6.82. The number of aryl methyl sites for hydroxylation is 1. The van der Waals surface area contributed by atoms with E-state index in [2.05, 4.69) is 5.32 Å². The molecule has 0 heterocycles. The van der Waals surface area contributed by atoms with Crippen molar-refractivity contribution in [3.8, 4) is 0 Å². The highest BCUT2D eigenvalue weighted by molar-refractivity contribution is 7.89. The van der Waals surface area contributed by atoms with Crippen LogP contribution < -0.4 is 11.1 Å². The standard InChI is InChI=1S/C14H23N3O3S/c1-5-8-17(9-13(18)16-4)21(19,20)14-11(3)10(2)6-7-12(14)15/h6-7H,5,8-9,15H2,1-4H3,(H,16,18). The van der Waals surface area contributed by atoms with Gasteiger partial charge < -0.3 is 11.1 Å². The number of benzene rings is 1.